The zero-order valence-corrected chi connectivity index (χ0v) is 25.6. The molecule has 2 amide bonds. The fourth-order valence-electron chi connectivity index (χ4n) is 5.97. The van der Waals surface area contributed by atoms with Gasteiger partial charge in [-0.05, 0) is 62.2 Å². The number of piperazine rings is 1. The fraction of sp³-hybridized carbons (Fsp3) is 0.455. The number of benzene rings is 2. The van der Waals surface area contributed by atoms with Crippen molar-refractivity contribution in [3.63, 3.8) is 0 Å². The molecule has 3 aromatic rings. The molecule has 1 N–H and O–H groups in total. The van der Waals surface area contributed by atoms with Crippen LogP contribution in [0, 0.1) is 6.92 Å². The van der Waals surface area contributed by atoms with Crippen LogP contribution in [0.3, 0.4) is 0 Å². The molecular formula is C33H40N6O5. The molecule has 232 valence electrons. The number of carbonyl (C=O) groups excluding carboxylic acids is 2. The first-order chi connectivity index (χ1) is 21.4. The van der Waals surface area contributed by atoms with Crippen LogP contribution in [-0.2, 0) is 22.6 Å². The number of rotatable bonds is 3. The smallest absolute Gasteiger partial charge is 0.257 e. The number of nitrogens with one attached hydrogen (secondary N) is 1. The van der Waals surface area contributed by atoms with Gasteiger partial charge < -0.3 is 34.2 Å². The lowest BCUT2D eigenvalue weighted by Gasteiger charge is -2.39. The molecular weight excluding hydrogens is 560 g/mol. The molecule has 0 aliphatic carbocycles. The van der Waals surface area contributed by atoms with Crippen molar-refractivity contribution in [3.05, 3.63) is 71.0 Å². The zero-order valence-electron chi connectivity index (χ0n) is 25.6. The Hall–Kier alpha value is -4.22. The molecule has 2 aromatic carbocycles. The molecule has 2 atom stereocenters. The van der Waals surface area contributed by atoms with Gasteiger partial charge in [-0.3, -0.25) is 9.59 Å². The minimum Gasteiger partial charge on any atom is -0.493 e. The Morgan fingerprint density at radius 1 is 1.05 bits per heavy atom. The topological polar surface area (TPSA) is 109 Å². The molecule has 6 rings (SSSR count). The van der Waals surface area contributed by atoms with Gasteiger partial charge in [0.25, 0.3) is 5.91 Å². The number of likely N-dealkylation sites (N-methyl/N-ethyl adjacent to an activating group) is 1. The summed E-state index contributed by atoms with van der Waals surface area (Å²) in [7, 11) is 3.71. The van der Waals surface area contributed by atoms with E-state index in [1.165, 1.54) is 0 Å². The van der Waals surface area contributed by atoms with Crippen LogP contribution in [0.2, 0.25) is 0 Å². The molecule has 4 heterocycles. The summed E-state index contributed by atoms with van der Waals surface area (Å²) in [6.45, 7) is 6.67. The number of likely N-dealkylation sites (tertiary alicyclic amines) is 1. The molecule has 44 heavy (non-hydrogen) atoms. The average Bonchev–Trinajstić information content (AvgIpc) is 3.03. The molecule has 2 fully saturated rings. The Bertz CT molecular complexity index is 1510. The molecule has 1 aromatic heterocycles. The van der Waals surface area contributed by atoms with Crippen LogP contribution in [0.1, 0.15) is 40.0 Å². The summed E-state index contributed by atoms with van der Waals surface area (Å²) in [4.78, 5) is 42.4. The third-order valence-corrected chi connectivity index (χ3v) is 8.63. The Morgan fingerprint density at radius 3 is 2.68 bits per heavy atom. The average molecular weight is 601 g/mol. The third kappa shape index (κ3) is 6.79. The highest BCUT2D eigenvalue weighted by Crippen LogP contribution is 2.33. The number of anilines is 1. The third-order valence-electron chi connectivity index (χ3n) is 8.63. The highest BCUT2D eigenvalue weighted by Gasteiger charge is 2.34. The van der Waals surface area contributed by atoms with Crippen LogP contribution in [0.4, 0.5) is 5.95 Å². The first-order valence-corrected chi connectivity index (χ1v) is 15.3. The first kappa shape index (κ1) is 29.8. The van der Waals surface area contributed by atoms with E-state index in [1.807, 2.05) is 49.4 Å². The molecule has 11 nitrogen and oxygen atoms in total. The number of nitrogens with zero attached hydrogens (tertiary/aromatic N) is 5. The van der Waals surface area contributed by atoms with E-state index < -0.39 is 0 Å². The summed E-state index contributed by atoms with van der Waals surface area (Å²) in [6, 6.07) is 13.1. The lowest BCUT2D eigenvalue weighted by molar-refractivity contribution is -0.124. The molecule has 0 saturated carbocycles. The van der Waals surface area contributed by atoms with E-state index in [9.17, 15) is 9.59 Å². The number of methoxy groups -OCH3 is 1. The van der Waals surface area contributed by atoms with Crippen molar-refractivity contribution in [3.8, 4) is 17.2 Å². The lowest BCUT2D eigenvalue weighted by Crippen LogP contribution is -2.57. The van der Waals surface area contributed by atoms with Crippen molar-refractivity contribution in [2.24, 2.45) is 0 Å². The fourth-order valence-corrected chi connectivity index (χ4v) is 5.97. The maximum absolute atomic E-state index is 13.7. The highest BCUT2D eigenvalue weighted by molar-refractivity contribution is 5.95. The largest absolute Gasteiger partial charge is 0.493 e. The number of aromatic nitrogens is 2. The summed E-state index contributed by atoms with van der Waals surface area (Å²) in [6.07, 6.45) is 2.80. The van der Waals surface area contributed by atoms with E-state index >= 15 is 0 Å². The van der Waals surface area contributed by atoms with Crippen molar-refractivity contribution >= 4 is 17.8 Å². The van der Waals surface area contributed by atoms with Gasteiger partial charge in [-0.2, -0.15) is 0 Å². The number of piperidine rings is 1. The van der Waals surface area contributed by atoms with Crippen LogP contribution in [0.5, 0.6) is 17.2 Å². The lowest BCUT2D eigenvalue weighted by atomic mass is 10.00. The Kier molecular flexibility index (Phi) is 8.94. The summed E-state index contributed by atoms with van der Waals surface area (Å²) in [5.41, 5.74) is 3.05. The van der Waals surface area contributed by atoms with Crippen molar-refractivity contribution in [1.82, 2.24) is 25.1 Å². The second-order valence-electron chi connectivity index (χ2n) is 11.8. The van der Waals surface area contributed by atoms with Crippen LogP contribution in [0.25, 0.3) is 0 Å². The maximum Gasteiger partial charge on any atom is 0.257 e. The standard InChI is InChI=1S/C33H40N6O5/c1-22-26(19-34-33(35-22)38-15-13-37(2)14-16-38)32(41)39-12-11-28-27(20-39)36-31(40)10-8-23-7-9-29(42-3)30(18-23)44-25-6-4-5-24(17-25)21-43-28/h4-7,9,17-19,27-28H,8,10-16,20-21H2,1-3H3,(H,36,40)/t27-,28+/m1/s1. The number of ether oxygens (including phenoxy) is 3. The monoisotopic (exact) mass is 600 g/mol. The van der Waals surface area contributed by atoms with E-state index in [0.29, 0.717) is 67.0 Å². The van der Waals surface area contributed by atoms with Crippen LogP contribution in [0.15, 0.2) is 48.7 Å². The molecule has 3 aliphatic rings. The Balaban J connectivity index is 1.19. The molecule has 2 saturated heterocycles. The van der Waals surface area contributed by atoms with Crippen LogP contribution in [-0.4, -0.2) is 97.2 Å². The number of fused-ring (bicyclic) bond motifs is 5. The van der Waals surface area contributed by atoms with Crippen LogP contribution >= 0.6 is 0 Å². The summed E-state index contributed by atoms with van der Waals surface area (Å²) in [5, 5.41) is 3.18. The number of carbonyl (C=O) groups is 2. The van der Waals surface area contributed by atoms with Gasteiger partial charge in [-0.15, -0.1) is 0 Å². The van der Waals surface area contributed by atoms with Gasteiger partial charge in [0.15, 0.2) is 11.5 Å². The van der Waals surface area contributed by atoms with E-state index in [1.54, 1.807) is 18.2 Å². The molecule has 4 bridgehead atoms. The summed E-state index contributed by atoms with van der Waals surface area (Å²) >= 11 is 0. The number of hydrogen-bond acceptors (Lipinski definition) is 9. The van der Waals surface area contributed by atoms with E-state index in [0.717, 1.165) is 37.3 Å². The second-order valence-corrected chi connectivity index (χ2v) is 11.8. The second kappa shape index (κ2) is 13.2. The minimum absolute atomic E-state index is 0.0948. The summed E-state index contributed by atoms with van der Waals surface area (Å²) in [5.74, 6) is 2.33. The summed E-state index contributed by atoms with van der Waals surface area (Å²) < 4.78 is 18.1. The SMILES string of the molecule is COc1ccc2cc1Oc1cccc(c1)CO[C@H]1CCN(C(=O)c3cnc(N4CCN(C)CC4)nc3C)C[C@H]1NC(=O)CC2. The normalized spacial score (nSPS) is 21.3. The predicted molar refractivity (Wildman–Crippen MR) is 165 cm³/mol. The molecule has 3 aliphatic heterocycles. The van der Waals surface area contributed by atoms with Crippen molar-refractivity contribution in [2.45, 2.75) is 44.9 Å². The number of hydrogen-bond donors (Lipinski definition) is 1. The van der Waals surface area contributed by atoms with Gasteiger partial charge in [0.1, 0.15) is 5.75 Å². The van der Waals surface area contributed by atoms with E-state index in [4.69, 9.17) is 19.2 Å². The van der Waals surface area contributed by atoms with Gasteiger partial charge in [-0.25, -0.2) is 9.97 Å². The zero-order chi connectivity index (χ0) is 30.6. The van der Waals surface area contributed by atoms with Crippen molar-refractivity contribution in [2.75, 3.05) is 58.3 Å². The van der Waals surface area contributed by atoms with Gasteiger partial charge in [0.2, 0.25) is 11.9 Å². The van der Waals surface area contributed by atoms with E-state index in [2.05, 4.69) is 27.1 Å². The Labute approximate surface area is 258 Å². The molecule has 0 spiro atoms. The number of aryl methyl sites for hydroxylation is 2. The highest BCUT2D eigenvalue weighted by atomic mass is 16.5. The van der Waals surface area contributed by atoms with Crippen molar-refractivity contribution in [1.29, 1.82) is 0 Å². The Morgan fingerprint density at radius 2 is 1.89 bits per heavy atom. The maximum atomic E-state index is 13.7. The van der Waals surface area contributed by atoms with Gasteiger partial charge in [-0.1, -0.05) is 18.2 Å². The van der Waals surface area contributed by atoms with Gasteiger partial charge in [0.05, 0.1) is 37.1 Å². The van der Waals surface area contributed by atoms with Crippen molar-refractivity contribution < 1.29 is 23.8 Å². The molecule has 0 unspecified atom stereocenters. The molecule has 0 radical (unpaired) electrons. The quantitative estimate of drug-likeness (QED) is 0.485. The van der Waals surface area contributed by atoms with Gasteiger partial charge in [0, 0.05) is 51.9 Å². The number of amides is 2. The van der Waals surface area contributed by atoms with E-state index in [-0.39, 0.29) is 30.4 Å². The minimum atomic E-state index is -0.359. The predicted octanol–water partition coefficient (Wildman–Crippen LogP) is 3.20. The first-order valence-electron chi connectivity index (χ1n) is 15.3. The molecule has 11 heteroatoms. The van der Waals surface area contributed by atoms with Gasteiger partial charge >= 0.3 is 0 Å². The van der Waals surface area contributed by atoms with Crippen LogP contribution < -0.4 is 19.7 Å².